The van der Waals surface area contributed by atoms with E-state index in [2.05, 4.69) is 15.0 Å². The molecule has 0 aliphatic rings. The van der Waals surface area contributed by atoms with E-state index in [9.17, 15) is 0 Å². The summed E-state index contributed by atoms with van der Waals surface area (Å²) in [5, 5.41) is 11.8. The molecule has 118 valence electrons. The summed E-state index contributed by atoms with van der Waals surface area (Å²) in [5.41, 5.74) is 6.24. The minimum Gasteiger partial charge on any atom is -0.409 e. The van der Waals surface area contributed by atoms with Gasteiger partial charge in [-0.1, -0.05) is 5.16 Å². The second-order valence-electron chi connectivity index (χ2n) is 4.27. The number of amidine groups is 1. The average Bonchev–Trinajstić information content (AvgIpc) is 2.53. The first-order valence-electron chi connectivity index (χ1n) is 7.07. The molecule has 0 bridgehead atoms. The van der Waals surface area contributed by atoms with Crippen LogP contribution in [0.1, 0.15) is 19.4 Å². The van der Waals surface area contributed by atoms with Gasteiger partial charge in [0.15, 0.2) is 5.84 Å². The zero-order valence-corrected chi connectivity index (χ0v) is 12.7. The summed E-state index contributed by atoms with van der Waals surface area (Å²) in [6.07, 6.45) is 1.64. The van der Waals surface area contributed by atoms with Crippen LogP contribution >= 0.6 is 0 Å². The van der Waals surface area contributed by atoms with E-state index in [1.165, 1.54) is 0 Å². The molecule has 0 radical (unpaired) electrons. The zero-order chi connectivity index (χ0) is 15.5. The molecule has 0 atom stereocenters. The van der Waals surface area contributed by atoms with E-state index in [-0.39, 0.29) is 5.84 Å². The highest BCUT2D eigenvalue weighted by Crippen LogP contribution is 2.12. The van der Waals surface area contributed by atoms with Crippen LogP contribution in [0, 0.1) is 0 Å². The first kappa shape index (κ1) is 17.2. The van der Waals surface area contributed by atoms with Crippen molar-refractivity contribution in [1.29, 1.82) is 0 Å². The lowest BCUT2D eigenvalue weighted by Crippen LogP contribution is -2.32. The van der Waals surface area contributed by atoms with E-state index < -0.39 is 0 Å². The van der Waals surface area contributed by atoms with Gasteiger partial charge in [-0.25, -0.2) is 4.98 Å². The molecule has 1 heterocycles. The normalized spacial score (nSPS) is 11.6. The third-order valence-corrected chi connectivity index (χ3v) is 2.89. The Hall–Kier alpha value is -1.86. The minimum absolute atomic E-state index is 0.0632. The third kappa shape index (κ3) is 5.97. The Morgan fingerprint density at radius 2 is 1.90 bits per heavy atom. The molecular formula is C14H24N4O3. The number of pyridine rings is 1. The fourth-order valence-corrected chi connectivity index (χ4v) is 1.79. The van der Waals surface area contributed by atoms with Crippen molar-refractivity contribution in [2.24, 2.45) is 10.9 Å². The van der Waals surface area contributed by atoms with E-state index in [1.807, 2.05) is 13.8 Å². The van der Waals surface area contributed by atoms with E-state index in [0.717, 1.165) is 5.82 Å². The largest absolute Gasteiger partial charge is 0.409 e. The maximum atomic E-state index is 8.75. The van der Waals surface area contributed by atoms with Crippen LogP contribution in [0.5, 0.6) is 0 Å². The standard InChI is InChI=1S/C14H24N4O3/c1-3-20-9-7-18(8-10-21-4-2)13-11-12(5-6-16-13)14(15)17-19/h5-6,11,19H,3-4,7-10H2,1-2H3,(H2,15,17). The summed E-state index contributed by atoms with van der Waals surface area (Å²) in [7, 11) is 0. The molecule has 7 heteroatoms. The van der Waals surface area contributed by atoms with Gasteiger partial charge in [0.2, 0.25) is 0 Å². The van der Waals surface area contributed by atoms with Gasteiger partial charge in [0.1, 0.15) is 5.82 Å². The second-order valence-corrected chi connectivity index (χ2v) is 4.27. The lowest BCUT2D eigenvalue weighted by Gasteiger charge is -2.23. The Morgan fingerprint density at radius 1 is 1.29 bits per heavy atom. The number of anilines is 1. The van der Waals surface area contributed by atoms with Gasteiger partial charge in [0.25, 0.3) is 0 Å². The van der Waals surface area contributed by atoms with Crippen molar-refractivity contribution in [3.05, 3.63) is 23.9 Å². The van der Waals surface area contributed by atoms with Gasteiger partial charge in [-0.15, -0.1) is 0 Å². The Kier molecular flexibility index (Phi) is 8.15. The number of oxime groups is 1. The first-order chi connectivity index (χ1) is 10.2. The van der Waals surface area contributed by atoms with E-state index in [4.69, 9.17) is 20.4 Å². The quantitative estimate of drug-likeness (QED) is 0.220. The monoisotopic (exact) mass is 296 g/mol. The van der Waals surface area contributed by atoms with E-state index in [1.54, 1.807) is 18.3 Å². The predicted octanol–water partition coefficient (Wildman–Crippen LogP) is 1.06. The van der Waals surface area contributed by atoms with Crippen molar-refractivity contribution in [3.8, 4) is 0 Å². The molecule has 1 aromatic heterocycles. The Labute approximate surface area is 125 Å². The van der Waals surface area contributed by atoms with Crippen molar-refractivity contribution in [2.45, 2.75) is 13.8 Å². The molecule has 0 amide bonds. The zero-order valence-electron chi connectivity index (χ0n) is 12.7. The van der Waals surface area contributed by atoms with Crippen LogP contribution in [0.3, 0.4) is 0 Å². The van der Waals surface area contributed by atoms with Crippen LogP contribution in [0.2, 0.25) is 0 Å². The van der Waals surface area contributed by atoms with Crippen LogP contribution in [-0.4, -0.2) is 55.5 Å². The van der Waals surface area contributed by atoms with Gasteiger partial charge in [0, 0.05) is 38.1 Å². The summed E-state index contributed by atoms with van der Waals surface area (Å²) >= 11 is 0. The molecule has 1 aromatic rings. The molecule has 1 rings (SSSR count). The van der Waals surface area contributed by atoms with Crippen LogP contribution in [0.4, 0.5) is 5.82 Å². The molecule has 0 aliphatic carbocycles. The highest BCUT2D eigenvalue weighted by Gasteiger charge is 2.10. The van der Waals surface area contributed by atoms with Gasteiger partial charge >= 0.3 is 0 Å². The van der Waals surface area contributed by atoms with E-state index in [0.29, 0.717) is 45.1 Å². The summed E-state index contributed by atoms with van der Waals surface area (Å²) in [6, 6.07) is 3.48. The maximum absolute atomic E-state index is 8.75. The van der Waals surface area contributed by atoms with Crippen LogP contribution in [-0.2, 0) is 9.47 Å². The smallest absolute Gasteiger partial charge is 0.170 e. The molecule has 0 aromatic carbocycles. The summed E-state index contributed by atoms with van der Waals surface area (Å²) in [5.74, 6) is 0.812. The number of nitrogens with zero attached hydrogens (tertiary/aromatic N) is 3. The maximum Gasteiger partial charge on any atom is 0.170 e. The number of hydrogen-bond acceptors (Lipinski definition) is 6. The number of aromatic nitrogens is 1. The van der Waals surface area contributed by atoms with Crippen molar-refractivity contribution in [2.75, 3.05) is 44.4 Å². The summed E-state index contributed by atoms with van der Waals surface area (Å²) in [4.78, 5) is 6.39. The number of ether oxygens (including phenoxy) is 2. The molecule has 0 saturated heterocycles. The van der Waals surface area contributed by atoms with Crippen molar-refractivity contribution in [1.82, 2.24) is 4.98 Å². The molecule has 0 aliphatic heterocycles. The highest BCUT2D eigenvalue weighted by molar-refractivity contribution is 5.97. The van der Waals surface area contributed by atoms with Gasteiger partial charge in [-0.3, -0.25) is 0 Å². The Morgan fingerprint density at radius 3 is 2.43 bits per heavy atom. The summed E-state index contributed by atoms with van der Waals surface area (Å²) < 4.78 is 10.8. The topological polar surface area (TPSA) is 93.2 Å². The molecule has 0 unspecified atom stereocenters. The lowest BCUT2D eigenvalue weighted by molar-refractivity contribution is 0.141. The molecule has 0 saturated carbocycles. The minimum atomic E-state index is 0.0632. The van der Waals surface area contributed by atoms with Crippen molar-refractivity contribution < 1.29 is 14.7 Å². The Bertz CT molecular complexity index is 430. The van der Waals surface area contributed by atoms with Crippen LogP contribution in [0.15, 0.2) is 23.5 Å². The van der Waals surface area contributed by atoms with Gasteiger partial charge < -0.3 is 25.3 Å². The number of hydrogen-bond donors (Lipinski definition) is 2. The second kappa shape index (κ2) is 9.95. The van der Waals surface area contributed by atoms with Gasteiger partial charge in [-0.05, 0) is 26.0 Å². The van der Waals surface area contributed by atoms with Crippen LogP contribution < -0.4 is 10.6 Å². The fraction of sp³-hybridized carbons (Fsp3) is 0.571. The van der Waals surface area contributed by atoms with Crippen LogP contribution in [0.25, 0.3) is 0 Å². The van der Waals surface area contributed by atoms with E-state index >= 15 is 0 Å². The predicted molar refractivity (Wildman–Crippen MR) is 81.9 cm³/mol. The first-order valence-corrected chi connectivity index (χ1v) is 7.07. The average molecular weight is 296 g/mol. The molecule has 0 fully saturated rings. The number of nitrogens with two attached hydrogens (primary N) is 1. The Balaban J connectivity index is 2.79. The van der Waals surface area contributed by atoms with Gasteiger partial charge in [0.05, 0.1) is 13.2 Å². The fourth-order valence-electron chi connectivity index (χ4n) is 1.79. The van der Waals surface area contributed by atoms with Gasteiger partial charge in [-0.2, -0.15) is 0 Å². The molecule has 21 heavy (non-hydrogen) atoms. The molecule has 3 N–H and O–H groups in total. The molecule has 7 nitrogen and oxygen atoms in total. The third-order valence-electron chi connectivity index (χ3n) is 2.89. The lowest BCUT2D eigenvalue weighted by atomic mass is 10.2. The highest BCUT2D eigenvalue weighted by atomic mass is 16.5. The summed E-state index contributed by atoms with van der Waals surface area (Å²) in [6.45, 7) is 7.90. The number of rotatable bonds is 10. The molecule has 0 spiro atoms. The molecular weight excluding hydrogens is 272 g/mol. The van der Waals surface area contributed by atoms with Crippen molar-refractivity contribution >= 4 is 11.7 Å². The van der Waals surface area contributed by atoms with Crippen molar-refractivity contribution in [3.63, 3.8) is 0 Å². The SMILES string of the molecule is CCOCCN(CCOCC)c1cc(/C(N)=N/O)ccn1.